The van der Waals surface area contributed by atoms with E-state index in [0.29, 0.717) is 17.9 Å². The predicted molar refractivity (Wildman–Crippen MR) is 86.4 cm³/mol. The van der Waals surface area contributed by atoms with Crippen molar-refractivity contribution in [2.75, 3.05) is 12.3 Å². The molecular weight excluding hydrogens is 318 g/mol. The van der Waals surface area contributed by atoms with E-state index in [4.69, 9.17) is 0 Å². The minimum absolute atomic E-state index is 0.136. The van der Waals surface area contributed by atoms with Gasteiger partial charge in [0.1, 0.15) is 0 Å². The maximum Gasteiger partial charge on any atom is 0.253 e. The number of carbonyl (C=O) groups is 1. The Kier molecular flexibility index (Phi) is 4.71. The highest BCUT2D eigenvalue weighted by atomic mass is 32.2. The van der Waals surface area contributed by atoms with Gasteiger partial charge in [-0.15, -0.1) is 11.8 Å². The summed E-state index contributed by atoms with van der Waals surface area (Å²) >= 11 is 1.17. The average molecular weight is 332 g/mol. The molecule has 1 aliphatic rings. The number of thioether (sulfide) groups is 1. The summed E-state index contributed by atoms with van der Waals surface area (Å²) in [6, 6.07) is 13.3. The Labute approximate surface area is 137 Å². The van der Waals surface area contributed by atoms with Gasteiger partial charge in [-0.1, -0.05) is 30.3 Å². The highest BCUT2D eigenvalue weighted by Crippen LogP contribution is 2.22. The minimum Gasteiger partial charge on any atom is -0.272 e. The summed E-state index contributed by atoms with van der Waals surface area (Å²) in [5.74, 6) is -1.81. The van der Waals surface area contributed by atoms with Crippen molar-refractivity contribution in [1.82, 2.24) is 5.01 Å². The molecule has 0 bridgehead atoms. The monoisotopic (exact) mass is 332 g/mol. The lowest BCUT2D eigenvalue weighted by atomic mass is 10.1. The standard InChI is InChI=1S/C17H14F2N2OS/c18-14-7-6-13(10-15(14)19)23-11-17(22)21-9-8-16(20-21)12-4-2-1-3-5-12/h1-7,10H,8-9,11H2. The van der Waals surface area contributed by atoms with Gasteiger partial charge in [-0.25, -0.2) is 13.8 Å². The molecule has 2 aromatic carbocycles. The molecule has 118 valence electrons. The number of rotatable bonds is 4. The molecule has 0 aliphatic carbocycles. The van der Waals surface area contributed by atoms with E-state index in [1.165, 1.54) is 22.8 Å². The summed E-state index contributed by atoms with van der Waals surface area (Å²) in [5.41, 5.74) is 1.90. The van der Waals surface area contributed by atoms with Crippen LogP contribution in [0.3, 0.4) is 0 Å². The lowest BCUT2D eigenvalue weighted by Gasteiger charge is -2.11. The van der Waals surface area contributed by atoms with E-state index in [1.54, 1.807) is 0 Å². The Morgan fingerprint density at radius 1 is 1.13 bits per heavy atom. The van der Waals surface area contributed by atoms with E-state index in [0.717, 1.165) is 23.4 Å². The number of benzene rings is 2. The zero-order valence-corrected chi connectivity index (χ0v) is 13.0. The molecule has 23 heavy (non-hydrogen) atoms. The number of halogens is 2. The maximum atomic E-state index is 13.1. The summed E-state index contributed by atoms with van der Waals surface area (Å²) in [6.45, 7) is 0.543. The number of amides is 1. The normalized spacial score (nSPS) is 14.0. The molecule has 3 rings (SSSR count). The van der Waals surface area contributed by atoms with Gasteiger partial charge >= 0.3 is 0 Å². The lowest BCUT2D eigenvalue weighted by molar-refractivity contribution is -0.127. The van der Waals surface area contributed by atoms with Crippen molar-refractivity contribution in [3.63, 3.8) is 0 Å². The molecule has 0 saturated heterocycles. The molecule has 1 aliphatic heterocycles. The van der Waals surface area contributed by atoms with Gasteiger partial charge in [0.15, 0.2) is 11.6 Å². The van der Waals surface area contributed by atoms with Gasteiger partial charge in [-0.3, -0.25) is 4.79 Å². The Hall–Kier alpha value is -2.21. The van der Waals surface area contributed by atoms with Crippen molar-refractivity contribution >= 4 is 23.4 Å². The van der Waals surface area contributed by atoms with E-state index in [9.17, 15) is 13.6 Å². The molecule has 0 radical (unpaired) electrons. The predicted octanol–water partition coefficient (Wildman–Crippen LogP) is 3.69. The first-order valence-electron chi connectivity index (χ1n) is 7.14. The topological polar surface area (TPSA) is 32.7 Å². The minimum atomic E-state index is -0.909. The van der Waals surface area contributed by atoms with Crippen molar-refractivity contribution in [3.05, 3.63) is 65.7 Å². The first kappa shape index (κ1) is 15.7. The quantitative estimate of drug-likeness (QED) is 0.800. The van der Waals surface area contributed by atoms with Crippen molar-refractivity contribution in [2.24, 2.45) is 5.10 Å². The molecule has 0 N–H and O–H groups in total. The van der Waals surface area contributed by atoms with Crippen LogP contribution in [0.15, 0.2) is 58.5 Å². The third-order valence-electron chi connectivity index (χ3n) is 3.45. The van der Waals surface area contributed by atoms with Crippen LogP contribution in [0, 0.1) is 11.6 Å². The van der Waals surface area contributed by atoms with Gasteiger partial charge in [0.25, 0.3) is 5.91 Å². The third kappa shape index (κ3) is 3.76. The molecule has 1 heterocycles. The molecule has 0 saturated carbocycles. The number of carbonyl (C=O) groups excluding carboxylic acids is 1. The first-order chi connectivity index (χ1) is 11.1. The molecule has 3 nitrogen and oxygen atoms in total. The van der Waals surface area contributed by atoms with Crippen molar-refractivity contribution < 1.29 is 13.6 Å². The van der Waals surface area contributed by atoms with Crippen LogP contribution < -0.4 is 0 Å². The Bertz CT molecular complexity index is 750. The van der Waals surface area contributed by atoms with Gasteiger partial charge < -0.3 is 0 Å². The summed E-state index contributed by atoms with van der Waals surface area (Å²) < 4.78 is 26.0. The average Bonchev–Trinajstić information content (AvgIpc) is 3.06. The maximum absolute atomic E-state index is 13.1. The van der Waals surface area contributed by atoms with E-state index in [2.05, 4.69) is 5.10 Å². The Morgan fingerprint density at radius 3 is 2.65 bits per heavy atom. The van der Waals surface area contributed by atoms with E-state index < -0.39 is 11.6 Å². The highest BCUT2D eigenvalue weighted by Gasteiger charge is 2.21. The van der Waals surface area contributed by atoms with Gasteiger partial charge in [0, 0.05) is 11.3 Å². The van der Waals surface area contributed by atoms with Crippen LogP contribution in [0.25, 0.3) is 0 Å². The fraction of sp³-hybridized carbons (Fsp3) is 0.176. The van der Waals surface area contributed by atoms with Gasteiger partial charge in [0.05, 0.1) is 18.0 Å². The molecule has 6 heteroatoms. The van der Waals surface area contributed by atoms with Crippen LogP contribution in [0.1, 0.15) is 12.0 Å². The number of nitrogens with zero attached hydrogens (tertiary/aromatic N) is 2. The molecule has 2 aromatic rings. The number of hydrogen-bond donors (Lipinski definition) is 0. The van der Waals surface area contributed by atoms with E-state index >= 15 is 0 Å². The van der Waals surface area contributed by atoms with Gasteiger partial charge in [-0.2, -0.15) is 5.10 Å². The second-order valence-electron chi connectivity index (χ2n) is 5.04. The van der Waals surface area contributed by atoms with Crippen molar-refractivity contribution in [2.45, 2.75) is 11.3 Å². The van der Waals surface area contributed by atoms with E-state index in [-0.39, 0.29) is 11.7 Å². The Morgan fingerprint density at radius 2 is 1.91 bits per heavy atom. The van der Waals surface area contributed by atoms with Crippen molar-refractivity contribution in [3.8, 4) is 0 Å². The molecular formula is C17H14F2N2OS. The second-order valence-corrected chi connectivity index (χ2v) is 6.09. The molecule has 0 fully saturated rings. The van der Waals surface area contributed by atoms with Crippen molar-refractivity contribution in [1.29, 1.82) is 0 Å². The number of hydrazone groups is 1. The van der Waals surface area contributed by atoms with Crippen LogP contribution in [0.2, 0.25) is 0 Å². The van der Waals surface area contributed by atoms with Gasteiger partial charge in [0.2, 0.25) is 0 Å². The zero-order chi connectivity index (χ0) is 16.2. The molecule has 0 spiro atoms. The van der Waals surface area contributed by atoms with Crippen LogP contribution in [-0.2, 0) is 4.79 Å². The second kappa shape index (κ2) is 6.91. The lowest BCUT2D eigenvalue weighted by Crippen LogP contribution is -2.25. The van der Waals surface area contributed by atoms with Crippen LogP contribution >= 0.6 is 11.8 Å². The van der Waals surface area contributed by atoms with E-state index in [1.807, 2.05) is 30.3 Å². The summed E-state index contributed by atoms with van der Waals surface area (Å²) in [7, 11) is 0. The molecule has 1 amide bonds. The largest absolute Gasteiger partial charge is 0.272 e. The van der Waals surface area contributed by atoms with Crippen LogP contribution in [0.4, 0.5) is 8.78 Å². The van der Waals surface area contributed by atoms with Crippen LogP contribution in [-0.4, -0.2) is 28.9 Å². The fourth-order valence-corrected chi connectivity index (χ4v) is 3.05. The summed E-state index contributed by atoms with van der Waals surface area (Å²) in [5, 5.41) is 5.79. The first-order valence-corrected chi connectivity index (χ1v) is 8.13. The Balaban J connectivity index is 1.61. The van der Waals surface area contributed by atoms with Gasteiger partial charge in [-0.05, 0) is 23.8 Å². The molecule has 0 unspecified atom stereocenters. The fourth-order valence-electron chi connectivity index (χ4n) is 2.26. The smallest absolute Gasteiger partial charge is 0.253 e. The summed E-state index contributed by atoms with van der Waals surface area (Å²) in [4.78, 5) is 12.7. The molecule has 0 aromatic heterocycles. The summed E-state index contributed by atoms with van der Waals surface area (Å²) in [6.07, 6.45) is 0.714. The highest BCUT2D eigenvalue weighted by molar-refractivity contribution is 8.00. The molecule has 0 atom stereocenters. The number of hydrogen-bond acceptors (Lipinski definition) is 3. The zero-order valence-electron chi connectivity index (χ0n) is 12.2. The van der Waals surface area contributed by atoms with Crippen LogP contribution in [0.5, 0.6) is 0 Å². The third-order valence-corrected chi connectivity index (χ3v) is 4.43. The SMILES string of the molecule is O=C(CSc1ccc(F)c(F)c1)N1CCC(c2ccccc2)=N1.